The summed E-state index contributed by atoms with van der Waals surface area (Å²) in [4.78, 5) is 12.4. The average Bonchev–Trinajstić information content (AvgIpc) is 2.15. The first-order valence-corrected chi connectivity index (χ1v) is 4.79. The van der Waals surface area contributed by atoms with Crippen molar-refractivity contribution in [2.45, 2.75) is 19.0 Å². The number of likely N-dealkylation sites (tertiary alicyclic amines) is 1. The third-order valence-electron chi connectivity index (χ3n) is 2.52. The van der Waals surface area contributed by atoms with Gasteiger partial charge in [0.05, 0.1) is 19.6 Å². The fraction of sp³-hybridized carbons (Fsp3) is 0.889. The number of methoxy groups -OCH3 is 1. The van der Waals surface area contributed by atoms with Crippen LogP contribution >= 0.6 is 0 Å². The molecule has 1 saturated heterocycles. The molecule has 0 aromatic rings. The highest BCUT2D eigenvalue weighted by molar-refractivity contribution is 5.72. The molecule has 6 heteroatoms. The first-order valence-electron chi connectivity index (χ1n) is 4.79. The smallest absolute Gasteiger partial charge is 0.401 e. The van der Waals surface area contributed by atoms with Crippen molar-refractivity contribution >= 4 is 5.97 Å². The third-order valence-corrected chi connectivity index (χ3v) is 2.52. The molecule has 3 nitrogen and oxygen atoms in total. The maximum atomic E-state index is 12.0. The van der Waals surface area contributed by atoms with E-state index in [4.69, 9.17) is 0 Å². The minimum absolute atomic E-state index is 0.237. The zero-order valence-corrected chi connectivity index (χ0v) is 8.51. The van der Waals surface area contributed by atoms with Gasteiger partial charge in [0.15, 0.2) is 0 Å². The topological polar surface area (TPSA) is 29.5 Å². The van der Waals surface area contributed by atoms with E-state index < -0.39 is 12.7 Å². The minimum Gasteiger partial charge on any atom is -0.469 e. The lowest BCUT2D eigenvalue weighted by atomic mass is 9.97. The van der Waals surface area contributed by atoms with Crippen molar-refractivity contribution in [2.75, 3.05) is 26.7 Å². The van der Waals surface area contributed by atoms with E-state index in [0.29, 0.717) is 25.9 Å². The molecule has 0 N–H and O–H groups in total. The van der Waals surface area contributed by atoms with E-state index in [1.165, 1.54) is 12.0 Å². The minimum atomic E-state index is -4.15. The van der Waals surface area contributed by atoms with Crippen molar-refractivity contribution in [1.29, 1.82) is 0 Å². The Hall–Kier alpha value is -0.780. The summed E-state index contributed by atoms with van der Waals surface area (Å²) in [5, 5.41) is 0. The summed E-state index contributed by atoms with van der Waals surface area (Å²) in [6.07, 6.45) is -3.26. The number of esters is 1. The van der Waals surface area contributed by atoms with Crippen molar-refractivity contribution in [3.8, 4) is 0 Å². The molecule has 0 atom stereocenters. The van der Waals surface area contributed by atoms with Gasteiger partial charge in [-0.1, -0.05) is 0 Å². The Morgan fingerprint density at radius 3 is 2.33 bits per heavy atom. The molecule has 1 rings (SSSR count). The molecule has 88 valence electrons. The van der Waals surface area contributed by atoms with Crippen LogP contribution < -0.4 is 0 Å². The molecule has 0 spiro atoms. The van der Waals surface area contributed by atoms with Crippen LogP contribution in [0.1, 0.15) is 12.8 Å². The molecular formula is C9H14F3NO2. The fourth-order valence-corrected chi connectivity index (χ4v) is 1.75. The van der Waals surface area contributed by atoms with Crippen molar-refractivity contribution < 1.29 is 22.7 Å². The van der Waals surface area contributed by atoms with Crippen LogP contribution in [0.15, 0.2) is 0 Å². The molecule has 1 fully saturated rings. The number of halogens is 3. The van der Waals surface area contributed by atoms with E-state index in [-0.39, 0.29) is 11.9 Å². The van der Waals surface area contributed by atoms with Crippen molar-refractivity contribution in [1.82, 2.24) is 4.90 Å². The normalized spacial score (nSPS) is 20.3. The van der Waals surface area contributed by atoms with E-state index in [9.17, 15) is 18.0 Å². The fourth-order valence-electron chi connectivity index (χ4n) is 1.75. The number of alkyl halides is 3. The monoisotopic (exact) mass is 225 g/mol. The van der Waals surface area contributed by atoms with Crippen LogP contribution in [-0.4, -0.2) is 43.8 Å². The zero-order chi connectivity index (χ0) is 11.5. The molecule has 1 aliphatic rings. The third kappa shape index (κ3) is 4.07. The van der Waals surface area contributed by atoms with Gasteiger partial charge in [0.1, 0.15) is 0 Å². The Labute approximate surface area is 86.2 Å². The van der Waals surface area contributed by atoms with Gasteiger partial charge in [0, 0.05) is 0 Å². The highest BCUT2D eigenvalue weighted by atomic mass is 19.4. The maximum Gasteiger partial charge on any atom is 0.401 e. The van der Waals surface area contributed by atoms with Gasteiger partial charge in [-0.05, 0) is 25.9 Å². The molecule has 0 aromatic heterocycles. The second-order valence-corrected chi connectivity index (χ2v) is 3.69. The number of hydrogen-bond acceptors (Lipinski definition) is 3. The molecule has 0 aromatic carbocycles. The van der Waals surface area contributed by atoms with Gasteiger partial charge in [-0.3, -0.25) is 9.69 Å². The lowest BCUT2D eigenvalue weighted by molar-refractivity contribution is -0.154. The molecule has 1 aliphatic heterocycles. The van der Waals surface area contributed by atoms with E-state index >= 15 is 0 Å². The summed E-state index contributed by atoms with van der Waals surface area (Å²) < 4.78 is 40.6. The van der Waals surface area contributed by atoms with Gasteiger partial charge in [0.2, 0.25) is 0 Å². The Kier molecular flexibility index (Phi) is 3.96. The largest absolute Gasteiger partial charge is 0.469 e. The predicted molar refractivity (Wildman–Crippen MR) is 47.2 cm³/mol. The van der Waals surface area contributed by atoms with Crippen LogP contribution in [0, 0.1) is 5.92 Å². The maximum absolute atomic E-state index is 12.0. The van der Waals surface area contributed by atoms with Crippen LogP contribution in [0.5, 0.6) is 0 Å². The first kappa shape index (κ1) is 12.3. The second-order valence-electron chi connectivity index (χ2n) is 3.69. The Bertz CT molecular complexity index is 222. The number of carbonyl (C=O) groups is 1. The van der Waals surface area contributed by atoms with Gasteiger partial charge in [-0.25, -0.2) is 0 Å². The van der Waals surface area contributed by atoms with E-state index in [1.54, 1.807) is 0 Å². The summed E-state index contributed by atoms with van der Waals surface area (Å²) >= 11 is 0. The predicted octanol–water partition coefficient (Wildman–Crippen LogP) is 1.43. The van der Waals surface area contributed by atoms with Crippen molar-refractivity contribution in [2.24, 2.45) is 5.92 Å². The first-order chi connectivity index (χ1) is 6.92. The van der Waals surface area contributed by atoms with Crippen LogP contribution in [0.2, 0.25) is 0 Å². The Morgan fingerprint density at radius 1 is 1.40 bits per heavy atom. The number of ether oxygens (including phenoxy) is 1. The number of rotatable bonds is 2. The van der Waals surface area contributed by atoms with E-state index in [2.05, 4.69) is 4.74 Å². The molecule has 0 unspecified atom stereocenters. The molecule has 0 amide bonds. The summed E-state index contributed by atoms with van der Waals surface area (Å²) in [7, 11) is 1.30. The number of nitrogens with zero attached hydrogens (tertiary/aromatic N) is 1. The van der Waals surface area contributed by atoms with Gasteiger partial charge < -0.3 is 4.74 Å². The quantitative estimate of drug-likeness (QED) is 0.666. The standard InChI is InChI=1S/C9H14F3NO2/c1-15-8(14)7-2-4-13(5-3-7)6-9(10,11)12/h7H,2-6H2,1H3. The lowest BCUT2D eigenvalue weighted by Gasteiger charge is -2.30. The summed E-state index contributed by atoms with van der Waals surface area (Å²) in [5.74, 6) is -0.554. The molecular weight excluding hydrogens is 211 g/mol. The van der Waals surface area contributed by atoms with E-state index in [1.807, 2.05) is 0 Å². The number of piperidine rings is 1. The summed E-state index contributed by atoms with van der Waals surface area (Å²) in [6.45, 7) is -0.278. The van der Waals surface area contributed by atoms with Crippen molar-refractivity contribution in [3.63, 3.8) is 0 Å². The second kappa shape index (κ2) is 4.83. The Morgan fingerprint density at radius 2 is 1.93 bits per heavy atom. The van der Waals surface area contributed by atoms with Crippen LogP contribution in [0.3, 0.4) is 0 Å². The van der Waals surface area contributed by atoms with Crippen LogP contribution in [-0.2, 0) is 9.53 Å². The van der Waals surface area contributed by atoms with Gasteiger partial charge in [-0.15, -0.1) is 0 Å². The highest BCUT2D eigenvalue weighted by Crippen LogP contribution is 2.22. The van der Waals surface area contributed by atoms with Crippen molar-refractivity contribution in [3.05, 3.63) is 0 Å². The molecule has 0 saturated carbocycles. The summed E-state index contributed by atoms with van der Waals surface area (Å²) in [6, 6.07) is 0. The molecule has 0 aliphatic carbocycles. The highest BCUT2D eigenvalue weighted by Gasteiger charge is 2.33. The molecule has 1 heterocycles. The number of hydrogen-bond donors (Lipinski definition) is 0. The van der Waals surface area contributed by atoms with Gasteiger partial charge in [0.25, 0.3) is 0 Å². The van der Waals surface area contributed by atoms with Crippen LogP contribution in [0.4, 0.5) is 13.2 Å². The zero-order valence-electron chi connectivity index (χ0n) is 8.51. The SMILES string of the molecule is COC(=O)C1CCN(CC(F)(F)F)CC1. The number of carbonyl (C=O) groups excluding carboxylic acids is 1. The van der Waals surface area contributed by atoms with Gasteiger partial charge >= 0.3 is 12.1 Å². The lowest BCUT2D eigenvalue weighted by Crippen LogP contribution is -2.41. The summed E-state index contributed by atoms with van der Waals surface area (Å²) in [5.41, 5.74) is 0. The molecule has 15 heavy (non-hydrogen) atoms. The molecule has 0 bridgehead atoms. The average molecular weight is 225 g/mol. The Balaban J connectivity index is 2.33. The van der Waals surface area contributed by atoms with E-state index in [0.717, 1.165) is 0 Å². The molecule has 0 radical (unpaired) electrons. The van der Waals surface area contributed by atoms with Gasteiger partial charge in [-0.2, -0.15) is 13.2 Å². The van der Waals surface area contributed by atoms with Crippen LogP contribution in [0.25, 0.3) is 0 Å².